The molecule has 1 N–H and O–H groups in total. The highest BCUT2D eigenvalue weighted by Gasteiger charge is 2.36. The predicted octanol–water partition coefficient (Wildman–Crippen LogP) is 4.78. The lowest BCUT2D eigenvalue weighted by Gasteiger charge is -2.26. The Kier molecular flexibility index (Phi) is 5.13. The van der Waals surface area contributed by atoms with Crippen molar-refractivity contribution in [3.63, 3.8) is 0 Å². The minimum absolute atomic E-state index is 0.00855. The Hall–Kier alpha value is -2.01. The van der Waals surface area contributed by atoms with Crippen molar-refractivity contribution >= 4 is 35.0 Å². The van der Waals surface area contributed by atoms with E-state index in [1.54, 1.807) is 11.3 Å². The first-order valence-electron chi connectivity index (χ1n) is 9.05. The number of hydrogen-bond acceptors (Lipinski definition) is 4. The molecule has 0 bridgehead atoms. The molecule has 1 aliphatic heterocycles. The highest BCUT2D eigenvalue weighted by Crippen LogP contribution is 2.50. The molecule has 2 heterocycles. The molecule has 140 valence electrons. The normalized spacial score (nSPS) is 20.4. The third kappa shape index (κ3) is 3.98. The standard InChI is InChI=1S/C20H21N2O3PS/c23-19-13-16(20-21-17-10-4-5-11-18(17)27-20)9-6-12-22(19)26(24,25)14-15-7-2-1-3-8-15/h1-5,7-8,10-11,16H,6,9,12-14H2,(H,24,25). The molecule has 0 aliphatic carbocycles. The highest BCUT2D eigenvalue weighted by molar-refractivity contribution is 7.55. The molecule has 27 heavy (non-hydrogen) atoms. The van der Waals surface area contributed by atoms with E-state index in [1.807, 2.05) is 54.6 Å². The number of aromatic nitrogens is 1. The minimum atomic E-state index is -3.75. The summed E-state index contributed by atoms with van der Waals surface area (Å²) in [6, 6.07) is 17.1. The van der Waals surface area contributed by atoms with Crippen molar-refractivity contribution < 1.29 is 14.3 Å². The maximum Gasteiger partial charge on any atom is 0.300 e. The molecule has 1 fully saturated rings. The largest absolute Gasteiger partial charge is 0.329 e. The number of benzene rings is 2. The fourth-order valence-corrected chi connectivity index (χ4v) is 6.39. The molecule has 4 rings (SSSR count). The van der Waals surface area contributed by atoms with E-state index in [-0.39, 0.29) is 24.4 Å². The third-order valence-corrected chi connectivity index (χ3v) is 8.05. The summed E-state index contributed by atoms with van der Waals surface area (Å²) in [5.74, 6) is -0.241. The second-order valence-corrected chi connectivity index (χ2v) is 10.1. The zero-order valence-corrected chi connectivity index (χ0v) is 16.5. The van der Waals surface area contributed by atoms with Crippen molar-refractivity contribution in [2.45, 2.75) is 31.3 Å². The maximum atomic E-state index is 12.9. The van der Waals surface area contributed by atoms with Gasteiger partial charge in [0.15, 0.2) is 0 Å². The van der Waals surface area contributed by atoms with Crippen molar-refractivity contribution in [2.24, 2.45) is 0 Å². The minimum Gasteiger partial charge on any atom is -0.329 e. The van der Waals surface area contributed by atoms with Gasteiger partial charge in [-0.15, -0.1) is 11.3 Å². The first-order valence-corrected chi connectivity index (χ1v) is 11.7. The summed E-state index contributed by atoms with van der Waals surface area (Å²) in [5, 5.41) is 0.947. The molecule has 7 heteroatoms. The van der Waals surface area contributed by atoms with Gasteiger partial charge in [-0.1, -0.05) is 42.5 Å². The van der Waals surface area contributed by atoms with Gasteiger partial charge in [0.05, 0.1) is 21.4 Å². The molecule has 0 radical (unpaired) electrons. The second-order valence-electron chi connectivity index (χ2n) is 6.89. The smallest absolute Gasteiger partial charge is 0.300 e. The molecule has 0 saturated carbocycles. The van der Waals surface area contributed by atoms with Crippen molar-refractivity contribution in [3.8, 4) is 0 Å². The van der Waals surface area contributed by atoms with Gasteiger partial charge in [0.2, 0.25) is 5.91 Å². The molecular formula is C20H21N2O3PS. The number of carbonyl (C=O) groups is 1. The summed E-state index contributed by atoms with van der Waals surface area (Å²) in [4.78, 5) is 28.1. The Morgan fingerprint density at radius 2 is 1.89 bits per heavy atom. The fraction of sp³-hybridized carbons (Fsp3) is 0.300. The lowest BCUT2D eigenvalue weighted by atomic mass is 10.0. The first-order chi connectivity index (χ1) is 13.0. The number of thiazole rings is 1. The van der Waals surface area contributed by atoms with E-state index in [4.69, 9.17) is 0 Å². The van der Waals surface area contributed by atoms with Crippen LogP contribution in [0, 0.1) is 0 Å². The van der Waals surface area contributed by atoms with Crippen LogP contribution in [0.5, 0.6) is 0 Å². The molecular weight excluding hydrogens is 379 g/mol. The SMILES string of the molecule is O=C1CC(c2nc3ccccc3s2)CCCN1P(=O)(O)Cc1ccccc1. The predicted molar refractivity (Wildman–Crippen MR) is 108 cm³/mol. The van der Waals surface area contributed by atoms with Gasteiger partial charge in [0.1, 0.15) is 0 Å². The fourth-order valence-electron chi connectivity index (χ4n) is 3.54. The Morgan fingerprint density at radius 3 is 2.67 bits per heavy atom. The Labute approximate surface area is 162 Å². The summed E-state index contributed by atoms with van der Waals surface area (Å²) in [6.07, 6.45) is 1.73. The Morgan fingerprint density at radius 1 is 1.15 bits per heavy atom. The van der Waals surface area contributed by atoms with E-state index in [2.05, 4.69) is 4.98 Å². The average molecular weight is 400 g/mol. The monoisotopic (exact) mass is 400 g/mol. The van der Waals surface area contributed by atoms with E-state index in [9.17, 15) is 14.3 Å². The molecule has 2 atom stereocenters. The molecule has 2 unspecified atom stereocenters. The van der Waals surface area contributed by atoms with Crippen LogP contribution in [0.4, 0.5) is 0 Å². The molecule has 2 aromatic carbocycles. The molecule has 1 amide bonds. The quantitative estimate of drug-likeness (QED) is 0.640. The number of para-hydroxylation sites is 1. The van der Waals surface area contributed by atoms with E-state index in [1.165, 1.54) is 4.67 Å². The first kappa shape index (κ1) is 18.4. The molecule has 0 spiro atoms. The van der Waals surface area contributed by atoms with Crippen LogP contribution in [0.2, 0.25) is 0 Å². The van der Waals surface area contributed by atoms with Crippen molar-refractivity contribution in [1.29, 1.82) is 0 Å². The number of amides is 1. The molecule has 1 aromatic heterocycles. The van der Waals surface area contributed by atoms with Gasteiger partial charge in [-0.05, 0) is 30.5 Å². The summed E-state index contributed by atoms with van der Waals surface area (Å²) < 4.78 is 15.3. The van der Waals surface area contributed by atoms with Gasteiger partial charge in [-0.25, -0.2) is 4.98 Å². The van der Waals surface area contributed by atoms with Crippen LogP contribution in [-0.4, -0.2) is 27.0 Å². The van der Waals surface area contributed by atoms with Crippen LogP contribution in [0.15, 0.2) is 54.6 Å². The van der Waals surface area contributed by atoms with Crippen molar-refractivity contribution in [3.05, 3.63) is 65.2 Å². The summed E-state index contributed by atoms with van der Waals surface area (Å²) in [5.41, 5.74) is 1.71. The van der Waals surface area contributed by atoms with E-state index in [0.29, 0.717) is 13.0 Å². The Bertz CT molecular complexity index is 972. The van der Waals surface area contributed by atoms with Gasteiger partial charge < -0.3 is 4.89 Å². The third-order valence-electron chi connectivity index (χ3n) is 4.90. The van der Waals surface area contributed by atoms with Gasteiger partial charge in [-0.3, -0.25) is 14.0 Å². The van der Waals surface area contributed by atoms with Gasteiger partial charge >= 0.3 is 0 Å². The average Bonchev–Trinajstić information content (AvgIpc) is 2.98. The Balaban J connectivity index is 1.53. The van der Waals surface area contributed by atoms with Gasteiger partial charge in [0, 0.05) is 18.9 Å². The van der Waals surface area contributed by atoms with Gasteiger partial charge in [0.25, 0.3) is 7.52 Å². The van der Waals surface area contributed by atoms with E-state index < -0.39 is 7.52 Å². The van der Waals surface area contributed by atoms with Crippen molar-refractivity contribution in [1.82, 2.24) is 9.65 Å². The summed E-state index contributed by atoms with van der Waals surface area (Å²) in [7, 11) is -3.75. The van der Waals surface area contributed by atoms with Crippen LogP contribution in [0.3, 0.4) is 0 Å². The van der Waals surface area contributed by atoms with Gasteiger partial charge in [-0.2, -0.15) is 0 Å². The van der Waals surface area contributed by atoms with E-state index >= 15 is 0 Å². The lowest BCUT2D eigenvalue weighted by molar-refractivity contribution is -0.126. The highest BCUT2D eigenvalue weighted by atomic mass is 32.1. The molecule has 5 nitrogen and oxygen atoms in total. The topological polar surface area (TPSA) is 70.5 Å². The van der Waals surface area contributed by atoms with Crippen LogP contribution >= 0.6 is 18.9 Å². The summed E-state index contributed by atoms with van der Waals surface area (Å²) in [6.45, 7) is 0.320. The molecule has 3 aromatic rings. The van der Waals surface area contributed by atoms with Crippen molar-refractivity contribution in [2.75, 3.05) is 6.54 Å². The summed E-state index contributed by atoms with van der Waals surface area (Å²) >= 11 is 1.61. The van der Waals surface area contributed by atoms with Crippen LogP contribution in [0.25, 0.3) is 10.2 Å². The van der Waals surface area contributed by atoms with Crippen LogP contribution in [0.1, 0.15) is 35.8 Å². The number of nitrogens with zero attached hydrogens (tertiary/aromatic N) is 2. The van der Waals surface area contributed by atoms with E-state index in [0.717, 1.165) is 27.2 Å². The maximum absolute atomic E-state index is 12.9. The number of rotatable bonds is 4. The van der Waals surface area contributed by atoms with Crippen LogP contribution < -0.4 is 0 Å². The lowest BCUT2D eigenvalue weighted by Crippen LogP contribution is -2.28. The zero-order chi connectivity index (χ0) is 18.9. The number of hydrogen-bond donors (Lipinski definition) is 1. The zero-order valence-electron chi connectivity index (χ0n) is 14.8. The number of carbonyl (C=O) groups excluding carboxylic acids is 1. The molecule has 1 aliphatic rings. The van der Waals surface area contributed by atoms with Crippen LogP contribution in [-0.2, 0) is 15.5 Å². The molecule has 1 saturated heterocycles. The number of fused-ring (bicyclic) bond motifs is 1. The second kappa shape index (κ2) is 7.55.